The Balaban J connectivity index is 1.30. The number of sulfone groups is 1. The van der Waals surface area contributed by atoms with Gasteiger partial charge in [-0.1, -0.05) is 12.2 Å². The first-order valence-electron chi connectivity index (χ1n) is 13.8. The second kappa shape index (κ2) is 11.1. The Labute approximate surface area is 250 Å². The number of hydrogen-bond acceptors (Lipinski definition) is 10. The minimum absolute atomic E-state index is 0.0344. The van der Waals surface area contributed by atoms with Crippen molar-refractivity contribution in [3.8, 4) is 5.75 Å². The number of rotatable bonds is 8. The highest BCUT2D eigenvalue weighted by atomic mass is 32.2. The summed E-state index contributed by atoms with van der Waals surface area (Å²) in [6, 6.07) is 1.80. The third-order valence-corrected chi connectivity index (χ3v) is 9.36. The van der Waals surface area contributed by atoms with Crippen LogP contribution >= 0.6 is 0 Å². The summed E-state index contributed by atoms with van der Waals surface area (Å²) in [5, 5.41) is 18.9. The largest absolute Gasteiger partial charge is 0.491 e. The predicted molar refractivity (Wildman–Crippen MR) is 155 cm³/mol. The molecule has 5 heterocycles. The van der Waals surface area contributed by atoms with Crippen molar-refractivity contribution in [1.82, 2.24) is 34.7 Å². The van der Waals surface area contributed by atoms with E-state index >= 15 is 0 Å². The fourth-order valence-corrected chi connectivity index (χ4v) is 7.38. The minimum Gasteiger partial charge on any atom is -0.491 e. The molecule has 0 saturated carbocycles. The summed E-state index contributed by atoms with van der Waals surface area (Å²) in [6.07, 6.45) is 9.65. The van der Waals surface area contributed by atoms with E-state index in [0.29, 0.717) is 29.7 Å². The Morgan fingerprint density at radius 1 is 1.23 bits per heavy atom. The highest BCUT2D eigenvalue weighted by Crippen LogP contribution is 2.45. The number of amides is 1. The molecule has 230 valence electrons. The maximum Gasteiger partial charge on any atom is 0.291 e. The van der Waals surface area contributed by atoms with Gasteiger partial charge in [0.05, 0.1) is 19.0 Å². The number of nitrogens with zero attached hydrogens (tertiary/aromatic N) is 6. The number of fused-ring (bicyclic) bond motifs is 3. The van der Waals surface area contributed by atoms with E-state index in [1.54, 1.807) is 12.2 Å². The van der Waals surface area contributed by atoms with Gasteiger partial charge in [0.1, 0.15) is 17.0 Å². The molecule has 0 spiro atoms. The van der Waals surface area contributed by atoms with Crippen LogP contribution in [0.2, 0.25) is 0 Å². The number of carbonyl (C=O) groups is 1. The fourth-order valence-electron chi connectivity index (χ4n) is 6.32. The molecule has 2 bridgehead atoms. The van der Waals surface area contributed by atoms with E-state index in [-0.39, 0.29) is 58.1 Å². The Kier molecular flexibility index (Phi) is 7.39. The lowest BCUT2D eigenvalue weighted by Crippen LogP contribution is -2.46. The maximum absolute atomic E-state index is 14.1. The van der Waals surface area contributed by atoms with Crippen molar-refractivity contribution in [1.29, 1.82) is 5.41 Å². The zero-order chi connectivity index (χ0) is 31.3. The third-order valence-electron chi connectivity index (χ3n) is 8.20. The molecule has 0 aliphatic carbocycles. The number of ether oxygens (including phenoxy) is 1. The number of anilines is 1. The van der Waals surface area contributed by atoms with E-state index in [2.05, 4.69) is 20.3 Å². The van der Waals surface area contributed by atoms with Gasteiger partial charge in [0, 0.05) is 47.5 Å². The zero-order valence-corrected chi connectivity index (χ0v) is 24.6. The first-order chi connectivity index (χ1) is 21.0. The van der Waals surface area contributed by atoms with Crippen molar-refractivity contribution in [3.05, 3.63) is 65.0 Å². The van der Waals surface area contributed by atoms with Crippen molar-refractivity contribution in [3.63, 3.8) is 0 Å². The normalized spacial score (nSPS) is 20.1. The van der Waals surface area contributed by atoms with Crippen LogP contribution in [0.5, 0.6) is 5.75 Å². The number of aromatic amines is 1. The van der Waals surface area contributed by atoms with Gasteiger partial charge in [-0.05, 0) is 37.8 Å². The van der Waals surface area contributed by atoms with Gasteiger partial charge in [-0.25, -0.2) is 27.2 Å². The van der Waals surface area contributed by atoms with Crippen LogP contribution in [0.4, 0.5) is 14.6 Å². The number of carbonyl (C=O) groups excluding carboxylic acids is 1. The molecule has 2 unspecified atom stereocenters. The van der Waals surface area contributed by atoms with Crippen LogP contribution < -0.4 is 10.5 Å². The van der Waals surface area contributed by atoms with Gasteiger partial charge in [0.2, 0.25) is 5.82 Å². The second-order valence-electron chi connectivity index (χ2n) is 11.0. The molecule has 2 aliphatic heterocycles. The van der Waals surface area contributed by atoms with Gasteiger partial charge in [0.25, 0.3) is 5.91 Å². The molecule has 4 N–H and O–H groups in total. The number of nitrogen functional groups attached to an aromatic ring is 1. The summed E-state index contributed by atoms with van der Waals surface area (Å²) in [6.45, 7) is 0. The molecule has 0 radical (unpaired) electrons. The van der Waals surface area contributed by atoms with Crippen molar-refractivity contribution in [2.45, 2.75) is 55.0 Å². The van der Waals surface area contributed by atoms with E-state index in [0.717, 1.165) is 38.3 Å². The minimum atomic E-state index is -3.82. The van der Waals surface area contributed by atoms with Crippen molar-refractivity contribution in [2.24, 2.45) is 0 Å². The number of nitrogens with one attached hydrogen (secondary N) is 2. The second-order valence-corrected chi connectivity index (χ2v) is 12.9. The van der Waals surface area contributed by atoms with Gasteiger partial charge < -0.3 is 20.8 Å². The molecule has 6 rings (SSSR count). The summed E-state index contributed by atoms with van der Waals surface area (Å²) >= 11 is 0. The van der Waals surface area contributed by atoms with Gasteiger partial charge in [0.15, 0.2) is 32.9 Å². The standard InChI is InChI=1S/C28H29F2N9O4S/c1-43-23-19(29)10-15(11-20(23)30)21(31)5-3-4-14-12-35-39-25(32)24(44(2,41)42)22(36-27(14)39)16-8-17-6-7-18(9-16)38(17)28(40)26-33-13-34-37-26/h3-4,10-13,16-18,31H,5-9,32H2,1-2H3,(H,33,34,37)/b4-3+,31-21?. The SMILES string of the molecule is COc1c(F)cc(C(=N)C/C=C/c2cnn3c(N)c(S(C)(=O)=O)c(C4CC5CCC(C4)N5C(=O)c4ncn[nH]4)nc23)cc1F. The summed E-state index contributed by atoms with van der Waals surface area (Å²) in [5.41, 5.74) is 7.61. The van der Waals surface area contributed by atoms with Crippen LogP contribution in [0, 0.1) is 17.0 Å². The highest BCUT2D eigenvalue weighted by molar-refractivity contribution is 7.91. The molecule has 13 nitrogen and oxygen atoms in total. The van der Waals surface area contributed by atoms with Crippen LogP contribution in [-0.2, 0) is 9.84 Å². The van der Waals surface area contributed by atoms with Gasteiger partial charge >= 0.3 is 0 Å². The van der Waals surface area contributed by atoms with E-state index < -0.39 is 27.2 Å². The fraction of sp³-hybridized carbons (Fsp3) is 0.357. The lowest BCUT2D eigenvalue weighted by atomic mass is 9.87. The number of halogens is 2. The Hall–Kier alpha value is -4.73. The van der Waals surface area contributed by atoms with Crippen LogP contribution in [0.1, 0.15) is 65.5 Å². The molecule has 1 amide bonds. The number of nitrogens with two attached hydrogens (primary N) is 1. The molecule has 44 heavy (non-hydrogen) atoms. The van der Waals surface area contributed by atoms with Crippen LogP contribution in [-0.4, -0.2) is 80.2 Å². The lowest BCUT2D eigenvalue weighted by molar-refractivity contribution is 0.0556. The Morgan fingerprint density at radius 2 is 1.91 bits per heavy atom. The third kappa shape index (κ3) is 5.08. The highest BCUT2D eigenvalue weighted by Gasteiger charge is 2.46. The molecule has 1 aromatic carbocycles. The van der Waals surface area contributed by atoms with Crippen molar-refractivity contribution < 1.29 is 26.7 Å². The quantitative estimate of drug-likeness (QED) is 0.247. The Morgan fingerprint density at radius 3 is 2.50 bits per heavy atom. The van der Waals surface area contributed by atoms with Crippen LogP contribution in [0.15, 0.2) is 35.6 Å². The number of allylic oxidation sites excluding steroid dienone is 1. The Bertz CT molecular complexity index is 1890. The van der Waals surface area contributed by atoms with Crippen LogP contribution in [0.3, 0.4) is 0 Å². The van der Waals surface area contributed by atoms with Crippen molar-refractivity contribution >= 4 is 39.0 Å². The number of H-pyrrole nitrogens is 1. The first-order valence-corrected chi connectivity index (χ1v) is 15.7. The molecular formula is C28H29F2N9O4S. The predicted octanol–water partition coefficient (Wildman–Crippen LogP) is 3.14. The summed E-state index contributed by atoms with van der Waals surface area (Å²) in [4.78, 5) is 23.6. The average molecular weight is 626 g/mol. The van der Waals surface area contributed by atoms with E-state index in [1.807, 2.05) is 4.90 Å². The van der Waals surface area contributed by atoms with Crippen molar-refractivity contribution in [2.75, 3.05) is 19.1 Å². The molecule has 4 aromatic rings. The molecule has 2 fully saturated rings. The smallest absolute Gasteiger partial charge is 0.291 e. The average Bonchev–Trinajstić information content (AvgIpc) is 3.70. The number of piperidine rings is 1. The van der Waals surface area contributed by atoms with Crippen LogP contribution in [0.25, 0.3) is 11.7 Å². The molecule has 2 atom stereocenters. The number of hydrogen-bond donors (Lipinski definition) is 3. The summed E-state index contributed by atoms with van der Waals surface area (Å²) in [7, 11) is -2.66. The molecular weight excluding hydrogens is 596 g/mol. The topological polar surface area (TPSA) is 185 Å². The summed E-state index contributed by atoms with van der Waals surface area (Å²) < 4.78 is 60.2. The molecule has 2 aliphatic rings. The van der Waals surface area contributed by atoms with Gasteiger partial charge in [-0.15, -0.1) is 0 Å². The first kappa shape index (κ1) is 29.3. The van der Waals surface area contributed by atoms with Gasteiger partial charge in [-0.3, -0.25) is 9.89 Å². The maximum atomic E-state index is 14.1. The lowest BCUT2D eigenvalue weighted by Gasteiger charge is -2.38. The number of benzene rings is 1. The number of methoxy groups -OCH3 is 1. The monoisotopic (exact) mass is 625 g/mol. The molecule has 2 saturated heterocycles. The molecule has 16 heteroatoms. The van der Waals surface area contributed by atoms with E-state index in [4.69, 9.17) is 20.9 Å². The number of aromatic nitrogens is 6. The molecule has 3 aromatic heterocycles. The van der Waals surface area contributed by atoms with E-state index in [1.165, 1.54) is 17.0 Å². The summed E-state index contributed by atoms with van der Waals surface area (Å²) in [5.74, 6) is -2.78. The van der Waals surface area contributed by atoms with E-state index in [9.17, 15) is 22.0 Å². The zero-order valence-electron chi connectivity index (χ0n) is 23.8. The van der Waals surface area contributed by atoms with Gasteiger partial charge in [-0.2, -0.15) is 14.7 Å².